The van der Waals surface area contributed by atoms with Gasteiger partial charge in [-0.05, 0) is 13.8 Å². The van der Waals surface area contributed by atoms with Crippen molar-refractivity contribution in [1.29, 1.82) is 0 Å². The molecular weight excluding hydrogens is 132 g/mol. The van der Waals surface area contributed by atoms with Gasteiger partial charge in [0.1, 0.15) is 5.76 Å². The van der Waals surface area contributed by atoms with E-state index in [0.717, 1.165) is 0 Å². The fourth-order valence-corrected chi connectivity index (χ4v) is 0.744. The first-order chi connectivity index (χ1) is 4.61. The van der Waals surface area contributed by atoms with E-state index in [1.807, 2.05) is 13.8 Å². The van der Waals surface area contributed by atoms with Crippen LogP contribution in [0.25, 0.3) is 0 Å². The van der Waals surface area contributed by atoms with Gasteiger partial charge in [0, 0.05) is 0 Å². The molecule has 0 saturated heterocycles. The molecule has 10 heavy (non-hydrogen) atoms. The number of aliphatic hydroxyl groups is 1. The van der Waals surface area contributed by atoms with Crippen molar-refractivity contribution in [3.05, 3.63) is 11.5 Å². The minimum atomic E-state index is -0.226. The van der Waals surface area contributed by atoms with Crippen LogP contribution in [0.2, 0.25) is 0 Å². The predicted molar refractivity (Wildman–Crippen MR) is 35.5 cm³/mol. The molecule has 0 bridgehead atoms. The smallest absolute Gasteiger partial charge is 0.208 e. The first-order valence-corrected chi connectivity index (χ1v) is 3.23. The van der Waals surface area contributed by atoms with Crippen molar-refractivity contribution in [3.63, 3.8) is 0 Å². The van der Waals surface area contributed by atoms with Crippen LogP contribution in [0.4, 0.5) is 0 Å². The zero-order valence-electron chi connectivity index (χ0n) is 6.05. The lowest BCUT2D eigenvalue weighted by Crippen LogP contribution is -2.21. The number of Topliss-reactive ketones (excluding diaryl/α,β-unsaturated/α-hetero) is 1. The van der Waals surface area contributed by atoms with E-state index in [1.165, 1.54) is 0 Å². The Hall–Kier alpha value is -0.990. The van der Waals surface area contributed by atoms with Gasteiger partial charge >= 0.3 is 0 Å². The van der Waals surface area contributed by atoms with Gasteiger partial charge in [0.15, 0.2) is 5.76 Å². The number of rotatable bonds is 2. The molecule has 0 atom stereocenters. The summed E-state index contributed by atoms with van der Waals surface area (Å²) < 4.78 is 5.08. The van der Waals surface area contributed by atoms with Gasteiger partial charge < -0.3 is 9.84 Å². The predicted octanol–water partition coefficient (Wildman–Crippen LogP) is 1.15. The number of ketones is 1. The molecular formula is C7H10O3. The minimum Gasteiger partial charge on any atom is -0.502 e. The van der Waals surface area contributed by atoms with Crippen LogP contribution < -0.4 is 0 Å². The van der Waals surface area contributed by atoms with Crippen LogP contribution >= 0.6 is 0 Å². The monoisotopic (exact) mass is 142 g/mol. The third-order valence-corrected chi connectivity index (χ3v) is 1.23. The Morgan fingerprint density at radius 1 is 1.60 bits per heavy atom. The summed E-state index contributed by atoms with van der Waals surface area (Å²) >= 11 is 0. The van der Waals surface area contributed by atoms with E-state index < -0.39 is 0 Å². The van der Waals surface area contributed by atoms with Gasteiger partial charge in [-0.25, -0.2) is 0 Å². The Bertz CT molecular complexity index is 191. The van der Waals surface area contributed by atoms with Gasteiger partial charge in [-0.1, -0.05) is 0 Å². The lowest BCUT2D eigenvalue weighted by atomic mass is 10.0. The van der Waals surface area contributed by atoms with Crippen molar-refractivity contribution < 1.29 is 14.6 Å². The molecule has 0 saturated carbocycles. The van der Waals surface area contributed by atoms with Gasteiger partial charge in [0.2, 0.25) is 5.78 Å². The third kappa shape index (κ3) is 1.12. The standard InChI is InChI=1S/C7H10O3/c1-4(2)10-6-3-5(8)7(6)9/h4,9H,3H2,1-2H3. The number of carbonyl (C=O) groups excluding carboxylic acids is 1. The van der Waals surface area contributed by atoms with Crippen molar-refractivity contribution >= 4 is 5.78 Å². The van der Waals surface area contributed by atoms with Crippen LogP contribution in [0.3, 0.4) is 0 Å². The first kappa shape index (κ1) is 7.12. The molecule has 3 heteroatoms. The van der Waals surface area contributed by atoms with Gasteiger partial charge in [-0.3, -0.25) is 4.79 Å². The van der Waals surface area contributed by atoms with Gasteiger partial charge in [-0.15, -0.1) is 0 Å². The van der Waals surface area contributed by atoms with Crippen molar-refractivity contribution in [2.75, 3.05) is 0 Å². The summed E-state index contributed by atoms with van der Waals surface area (Å²) in [5.74, 6) is 0.00403. The van der Waals surface area contributed by atoms with E-state index in [2.05, 4.69) is 0 Å². The highest BCUT2D eigenvalue weighted by atomic mass is 16.5. The molecule has 0 spiro atoms. The lowest BCUT2D eigenvalue weighted by molar-refractivity contribution is -0.122. The molecule has 1 aliphatic rings. The maximum Gasteiger partial charge on any atom is 0.208 e. The average Bonchev–Trinajstić information content (AvgIpc) is 1.86. The van der Waals surface area contributed by atoms with Crippen LogP contribution in [0.5, 0.6) is 0 Å². The maximum atomic E-state index is 10.4. The Kier molecular flexibility index (Phi) is 1.66. The topological polar surface area (TPSA) is 46.5 Å². The molecule has 0 heterocycles. The fourth-order valence-electron chi connectivity index (χ4n) is 0.744. The highest BCUT2D eigenvalue weighted by Gasteiger charge is 2.28. The number of allylic oxidation sites excluding steroid dienone is 2. The van der Waals surface area contributed by atoms with Crippen LogP contribution in [0, 0.1) is 0 Å². The number of hydrogen-bond acceptors (Lipinski definition) is 3. The number of ether oxygens (including phenoxy) is 1. The zero-order chi connectivity index (χ0) is 7.72. The summed E-state index contributed by atoms with van der Waals surface area (Å²) in [5, 5.41) is 8.83. The Balaban J connectivity index is 2.53. The summed E-state index contributed by atoms with van der Waals surface area (Å²) in [7, 11) is 0. The molecule has 0 radical (unpaired) electrons. The molecule has 1 aliphatic carbocycles. The summed E-state index contributed by atoms with van der Waals surface area (Å²) in [4.78, 5) is 10.4. The van der Waals surface area contributed by atoms with Crippen LogP contribution in [0.1, 0.15) is 20.3 Å². The normalized spacial score (nSPS) is 17.7. The van der Waals surface area contributed by atoms with Gasteiger partial charge in [0.05, 0.1) is 12.5 Å². The van der Waals surface area contributed by atoms with Crippen molar-refractivity contribution in [3.8, 4) is 0 Å². The van der Waals surface area contributed by atoms with Gasteiger partial charge in [-0.2, -0.15) is 0 Å². The van der Waals surface area contributed by atoms with E-state index in [0.29, 0.717) is 5.76 Å². The van der Waals surface area contributed by atoms with Gasteiger partial charge in [0.25, 0.3) is 0 Å². The van der Waals surface area contributed by atoms with Crippen molar-refractivity contribution in [2.45, 2.75) is 26.4 Å². The van der Waals surface area contributed by atoms with E-state index in [4.69, 9.17) is 9.84 Å². The molecule has 0 aliphatic heterocycles. The van der Waals surface area contributed by atoms with Crippen LogP contribution in [0.15, 0.2) is 11.5 Å². The first-order valence-electron chi connectivity index (χ1n) is 3.23. The second-order valence-electron chi connectivity index (χ2n) is 2.54. The van der Waals surface area contributed by atoms with E-state index in [9.17, 15) is 4.79 Å². The van der Waals surface area contributed by atoms with Crippen molar-refractivity contribution in [1.82, 2.24) is 0 Å². The summed E-state index contributed by atoms with van der Waals surface area (Å²) in [6, 6.07) is 0. The number of carbonyl (C=O) groups is 1. The summed E-state index contributed by atoms with van der Waals surface area (Å²) in [6.45, 7) is 3.70. The quantitative estimate of drug-likeness (QED) is 0.629. The molecule has 0 aromatic carbocycles. The molecule has 3 nitrogen and oxygen atoms in total. The molecule has 56 valence electrons. The van der Waals surface area contributed by atoms with Crippen LogP contribution in [-0.4, -0.2) is 17.0 Å². The summed E-state index contributed by atoms with van der Waals surface area (Å²) in [6.07, 6.45) is 0.287. The van der Waals surface area contributed by atoms with Crippen molar-refractivity contribution in [2.24, 2.45) is 0 Å². The van der Waals surface area contributed by atoms with E-state index in [-0.39, 0.29) is 24.1 Å². The van der Waals surface area contributed by atoms with E-state index in [1.54, 1.807) is 0 Å². The number of hydrogen-bond donors (Lipinski definition) is 1. The Labute approximate surface area is 59.3 Å². The Morgan fingerprint density at radius 2 is 2.20 bits per heavy atom. The molecule has 0 fully saturated rings. The highest BCUT2D eigenvalue weighted by Crippen LogP contribution is 2.23. The fraction of sp³-hybridized carbons (Fsp3) is 0.571. The molecule has 1 rings (SSSR count). The minimum absolute atomic E-state index is 0.0326. The zero-order valence-corrected chi connectivity index (χ0v) is 6.05. The van der Waals surface area contributed by atoms with E-state index >= 15 is 0 Å². The highest BCUT2D eigenvalue weighted by molar-refractivity contribution is 6.01. The molecule has 0 unspecified atom stereocenters. The third-order valence-electron chi connectivity index (χ3n) is 1.23. The molecule has 0 aromatic rings. The Morgan fingerprint density at radius 3 is 2.50 bits per heavy atom. The maximum absolute atomic E-state index is 10.4. The molecule has 0 aromatic heterocycles. The second-order valence-corrected chi connectivity index (χ2v) is 2.54. The summed E-state index contributed by atoms with van der Waals surface area (Å²) in [5.41, 5.74) is 0. The molecule has 1 N–H and O–H groups in total. The molecule has 0 amide bonds. The largest absolute Gasteiger partial charge is 0.502 e. The SMILES string of the molecule is CC(C)OC1=C(O)C(=O)C1. The number of aliphatic hydroxyl groups excluding tert-OH is 1. The lowest BCUT2D eigenvalue weighted by Gasteiger charge is -2.20. The average molecular weight is 142 g/mol. The second kappa shape index (κ2) is 2.33. The van der Waals surface area contributed by atoms with Crippen LogP contribution in [-0.2, 0) is 9.53 Å².